The van der Waals surface area contributed by atoms with E-state index in [4.69, 9.17) is 27.3 Å². The summed E-state index contributed by atoms with van der Waals surface area (Å²) < 4.78 is 61.6. The van der Waals surface area contributed by atoms with Gasteiger partial charge in [-0.25, -0.2) is 9.37 Å². The number of nitrogens with zero attached hydrogens (tertiary/aromatic N) is 2. The molecule has 0 saturated heterocycles. The predicted octanol–water partition coefficient (Wildman–Crippen LogP) is 5.76. The highest BCUT2D eigenvalue weighted by atomic mass is 35.5. The Morgan fingerprint density at radius 3 is 2.60 bits per heavy atom. The summed E-state index contributed by atoms with van der Waals surface area (Å²) in [4.78, 5) is 29.2. The second kappa shape index (κ2) is 11.0. The number of rotatable bonds is 6. The number of alkyl halides is 3. The van der Waals surface area contributed by atoms with Crippen molar-refractivity contribution >= 4 is 34.3 Å². The summed E-state index contributed by atoms with van der Waals surface area (Å²) in [5.74, 6) is -2.94. The quantitative estimate of drug-likeness (QED) is 0.364. The Morgan fingerprint density at radius 1 is 1.25 bits per heavy atom. The second-order valence-electron chi connectivity index (χ2n) is 9.11. The van der Waals surface area contributed by atoms with E-state index >= 15 is 0 Å². The monoisotopic (exact) mass is 572 g/mol. The van der Waals surface area contributed by atoms with E-state index < -0.39 is 41.0 Å². The molecule has 1 aliphatic rings. The standard InChI is InChI=1S/C28H21ClF4N4O3/c1-13-15(8-16-4-3-14(12-34)7-24(16)40-2)5-6-19(28(31,32)33)25(13)37-27(39)18-10-23(26(35)38)36-22-11-21(30)20(29)9-17(18)22/h3-4,6-7,9-11,15H,5,8H2,1-2H3,(H2,35,38)(H,37,39)/t15-/m0/s1. The topological polar surface area (TPSA) is 118 Å². The maximum atomic E-state index is 14.1. The van der Waals surface area contributed by atoms with E-state index in [1.807, 2.05) is 6.07 Å². The second-order valence-corrected chi connectivity index (χ2v) is 9.51. The van der Waals surface area contributed by atoms with Crippen LogP contribution in [0.5, 0.6) is 5.75 Å². The number of nitrogens with two attached hydrogens (primary N) is 1. The molecule has 0 fully saturated rings. The number of methoxy groups -OCH3 is 1. The molecule has 3 aromatic rings. The first-order valence-electron chi connectivity index (χ1n) is 11.8. The molecular weight excluding hydrogens is 552 g/mol. The van der Waals surface area contributed by atoms with Gasteiger partial charge in [-0.15, -0.1) is 0 Å². The van der Waals surface area contributed by atoms with Crippen molar-refractivity contribution in [2.24, 2.45) is 11.7 Å². The Bertz CT molecular complexity index is 1660. The highest BCUT2D eigenvalue weighted by Crippen LogP contribution is 2.40. The van der Waals surface area contributed by atoms with Gasteiger partial charge in [0.1, 0.15) is 17.3 Å². The minimum absolute atomic E-state index is 0.0133. The zero-order chi connectivity index (χ0) is 29.4. The number of allylic oxidation sites excluding steroid dienone is 3. The lowest BCUT2D eigenvalue weighted by molar-refractivity contribution is -0.0904. The van der Waals surface area contributed by atoms with Gasteiger partial charge in [0.2, 0.25) is 0 Å². The van der Waals surface area contributed by atoms with E-state index in [0.717, 1.165) is 24.3 Å². The first-order valence-corrected chi connectivity index (χ1v) is 12.2. The smallest absolute Gasteiger partial charge is 0.418 e. The number of amides is 2. The van der Waals surface area contributed by atoms with Gasteiger partial charge >= 0.3 is 6.18 Å². The van der Waals surface area contributed by atoms with Crippen molar-refractivity contribution in [3.8, 4) is 11.8 Å². The lowest BCUT2D eigenvalue weighted by Gasteiger charge is -2.29. The van der Waals surface area contributed by atoms with Crippen LogP contribution in [0.4, 0.5) is 17.6 Å². The van der Waals surface area contributed by atoms with Gasteiger partial charge in [-0.1, -0.05) is 23.7 Å². The predicted molar refractivity (Wildman–Crippen MR) is 139 cm³/mol. The molecule has 0 spiro atoms. The molecule has 12 heteroatoms. The van der Waals surface area contributed by atoms with Gasteiger partial charge in [0.05, 0.1) is 46.1 Å². The van der Waals surface area contributed by atoms with Crippen LogP contribution in [0.3, 0.4) is 0 Å². The van der Waals surface area contributed by atoms with Crippen molar-refractivity contribution < 1.29 is 31.9 Å². The van der Waals surface area contributed by atoms with E-state index in [1.165, 1.54) is 20.1 Å². The third-order valence-electron chi connectivity index (χ3n) is 6.66. The number of carbonyl (C=O) groups is 2. The van der Waals surface area contributed by atoms with Crippen LogP contribution in [-0.2, 0) is 6.42 Å². The molecule has 206 valence electrons. The number of nitrogens with one attached hydrogen (secondary N) is 1. The summed E-state index contributed by atoms with van der Waals surface area (Å²) in [7, 11) is 1.42. The van der Waals surface area contributed by atoms with Gasteiger partial charge < -0.3 is 15.8 Å². The number of fused-ring (bicyclic) bond motifs is 1. The molecule has 0 saturated carbocycles. The molecule has 0 unspecified atom stereocenters. The number of nitriles is 1. The van der Waals surface area contributed by atoms with Crippen molar-refractivity contribution in [1.29, 1.82) is 5.26 Å². The average Bonchev–Trinajstić information content (AvgIpc) is 2.90. The summed E-state index contributed by atoms with van der Waals surface area (Å²) >= 11 is 5.88. The fraction of sp³-hybridized carbons (Fsp3) is 0.214. The Hall–Kier alpha value is -4.43. The molecule has 2 aromatic carbocycles. The SMILES string of the molecule is COc1cc(C#N)ccc1C[C@@H]1CC=C(C(F)(F)F)C(NC(=O)c2cc(C(N)=O)nc3cc(F)c(Cl)cc23)=C1C. The van der Waals surface area contributed by atoms with Gasteiger partial charge in [0.25, 0.3) is 11.8 Å². The molecular formula is C28H21ClF4N4O3. The summed E-state index contributed by atoms with van der Waals surface area (Å²) in [6.07, 6.45) is -3.48. The minimum atomic E-state index is -4.79. The molecule has 40 heavy (non-hydrogen) atoms. The first-order chi connectivity index (χ1) is 18.8. The van der Waals surface area contributed by atoms with Gasteiger partial charge in [0.15, 0.2) is 0 Å². The number of pyridine rings is 1. The zero-order valence-corrected chi connectivity index (χ0v) is 21.9. The molecule has 1 atom stereocenters. The molecule has 0 bridgehead atoms. The summed E-state index contributed by atoms with van der Waals surface area (Å²) in [6, 6.07) is 9.81. The van der Waals surface area contributed by atoms with Crippen molar-refractivity contribution in [1.82, 2.24) is 10.3 Å². The van der Waals surface area contributed by atoms with Gasteiger partial charge in [-0.3, -0.25) is 9.59 Å². The summed E-state index contributed by atoms with van der Waals surface area (Å²) in [5.41, 5.74) is 4.35. The Balaban J connectivity index is 1.78. The summed E-state index contributed by atoms with van der Waals surface area (Å²) in [5, 5.41) is 11.2. The van der Waals surface area contributed by atoms with Crippen molar-refractivity contribution in [3.05, 3.63) is 92.5 Å². The number of primary amides is 1. The summed E-state index contributed by atoms with van der Waals surface area (Å²) in [6.45, 7) is 1.49. The Kier molecular flexibility index (Phi) is 7.84. The first kappa shape index (κ1) is 28.6. The number of hydrogen-bond donors (Lipinski definition) is 2. The van der Waals surface area contributed by atoms with Crippen molar-refractivity contribution in [2.45, 2.75) is 25.9 Å². The van der Waals surface area contributed by atoms with Crippen molar-refractivity contribution in [2.75, 3.05) is 7.11 Å². The van der Waals surface area contributed by atoms with E-state index in [-0.39, 0.29) is 45.6 Å². The van der Waals surface area contributed by atoms with Gasteiger partial charge in [-0.05, 0) is 61.1 Å². The van der Waals surface area contributed by atoms with Crippen molar-refractivity contribution in [3.63, 3.8) is 0 Å². The molecule has 3 N–H and O–H groups in total. The molecule has 2 amide bonds. The van der Waals surface area contributed by atoms with Crippen LogP contribution in [0.25, 0.3) is 10.9 Å². The van der Waals surface area contributed by atoms with Crippen LogP contribution in [-0.4, -0.2) is 30.1 Å². The number of ether oxygens (including phenoxy) is 1. The molecule has 1 heterocycles. The number of carbonyl (C=O) groups excluding carboxylic acids is 2. The highest BCUT2D eigenvalue weighted by molar-refractivity contribution is 6.31. The van der Waals surface area contributed by atoms with Gasteiger partial charge in [0, 0.05) is 11.5 Å². The van der Waals surface area contributed by atoms with E-state index in [1.54, 1.807) is 12.1 Å². The maximum absolute atomic E-state index is 14.1. The number of benzene rings is 2. The van der Waals surface area contributed by atoms with Gasteiger partial charge in [-0.2, -0.15) is 18.4 Å². The highest BCUT2D eigenvalue weighted by Gasteiger charge is 2.40. The maximum Gasteiger partial charge on any atom is 0.418 e. The molecule has 7 nitrogen and oxygen atoms in total. The number of halogens is 5. The van der Waals surface area contributed by atoms with E-state index in [2.05, 4.69) is 10.3 Å². The largest absolute Gasteiger partial charge is 0.496 e. The average molecular weight is 573 g/mol. The van der Waals surface area contributed by atoms with Crippen LogP contribution in [0.1, 0.15) is 45.3 Å². The fourth-order valence-electron chi connectivity index (χ4n) is 4.58. The minimum Gasteiger partial charge on any atom is -0.496 e. The Labute approximate surface area is 230 Å². The van der Waals surface area contributed by atoms with Crippen LogP contribution >= 0.6 is 11.6 Å². The lowest BCUT2D eigenvalue weighted by atomic mass is 9.82. The zero-order valence-electron chi connectivity index (χ0n) is 21.1. The third kappa shape index (κ3) is 5.62. The van der Waals surface area contributed by atoms with Crippen LogP contribution < -0.4 is 15.8 Å². The third-order valence-corrected chi connectivity index (χ3v) is 6.95. The van der Waals surface area contributed by atoms with Crippen LogP contribution in [0.2, 0.25) is 5.02 Å². The molecule has 4 rings (SSSR count). The Morgan fingerprint density at radius 2 is 1.98 bits per heavy atom. The van der Waals surface area contributed by atoms with E-state index in [9.17, 15) is 27.2 Å². The molecule has 1 aromatic heterocycles. The van der Waals surface area contributed by atoms with Crippen LogP contribution in [0, 0.1) is 23.1 Å². The van der Waals surface area contributed by atoms with Crippen LogP contribution in [0.15, 0.2) is 59.3 Å². The number of aromatic nitrogens is 1. The number of hydrogen-bond acceptors (Lipinski definition) is 5. The normalized spacial score (nSPS) is 15.4. The molecule has 0 radical (unpaired) electrons. The molecule has 1 aliphatic carbocycles. The molecule has 0 aliphatic heterocycles. The fourth-order valence-corrected chi connectivity index (χ4v) is 4.74. The lowest BCUT2D eigenvalue weighted by Crippen LogP contribution is -2.33. The van der Waals surface area contributed by atoms with E-state index in [0.29, 0.717) is 16.9 Å².